The molecular formula is C22H33FN4O14P2S. The molecule has 0 aromatic carbocycles. The number of halogens is 1. The van der Waals surface area contributed by atoms with Crippen molar-refractivity contribution in [2.24, 2.45) is 0 Å². The van der Waals surface area contributed by atoms with E-state index >= 15 is 0 Å². The first kappa shape index (κ1) is 35.3. The monoisotopic (exact) mass is 690 g/mol. The summed E-state index contributed by atoms with van der Waals surface area (Å²) in [5.41, 5.74) is 3.34. The molecule has 0 saturated carbocycles. The molecule has 2 fully saturated rings. The Balaban J connectivity index is 1.50. The molecule has 2 aliphatic rings. The Morgan fingerprint density at radius 3 is 2.57 bits per heavy atom. The van der Waals surface area contributed by atoms with Gasteiger partial charge in [-0.3, -0.25) is 4.52 Å². The van der Waals surface area contributed by atoms with Crippen molar-refractivity contribution in [3.63, 3.8) is 0 Å². The number of anilines is 1. The van der Waals surface area contributed by atoms with E-state index in [4.69, 9.17) is 41.4 Å². The Kier molecular flexibility index (Phi) is 10.4. The van der Waals surface area contributed by atoms with E-state index in [0.29, 0.717) is 11.2 Å². The van der Waals surface area contributed by atoms with E-state index in [1.165, 1.54) is 31.0 Å². The molecule has 18 nitrogen and oxygen atoms in total. The number of phosphoric ester groups is 1. The summed E-state index contributed by atoms with van der Waals surface area (Å²) >= 11 is 4.84. The van der Waals surface area contributed by atoms with Crippen molar-refractivity contribution in [3.8, 4) is 0 Å². The predicted molar refractivity (Wildman–Crippen MR) is 149 cm³/mol. The van der Waals surface area contributed by atoms with Crippen LogP contribution >= 0.6 is 14.5 Å². The van der Waals surface area contributed by atoms with Gasteiger partial charge in [0.1, 0.15) is 59.7 Å². The number of aliphatic hydroxyl groups excluding tert-OH is 5. The number of hydrogen-bond acceptors (Lipinski definition) is 16. The summed E-state index contributed by atoms with van der Waals surface area (Å²) in [6.45, 7) is -1.54. The van der Waals surface area contributed by atoms with Gasteiger partial charge in [-0.25, -0.2) is 22.8 Å². The van der Waals surface area contributed by atoms with Gasteiger partial charge in [0.15, 0.2) is 18.3 Å². The van der Waals surface area contributed by atoms with Gasteiger partial charge in [0.05, 0.1) is 18.9 Å². The lowest BCUT2D eigenvalue weighted by atomic mass is 9.84. The third-order valence-corrected chi connectivity index (χ3v) is 10.8. The maximum atomic E-state index is 14.0. The number of methoxy groups -OCH3 is 1. The second-order valence-corrected chi connectivity index (χ2v) is 14.6. The van der Waals surface area contributed by atoms with E-state index in [0.717, 1.165) is 0 Å². The van der Waals surface area contributed by atoms with Crippen LogP contribution in [0.5, 0.6) is 0 Å². The molecule has 7 unspecified atom stereocenters. The number of rotatable bonds is 12. The van der Waals surface area contributed by atoms with Crippen molar-refractivity contribution in [2.75, 3.05) is 26.1 Å². The van der Waals surface area contributed by atoms with Crippen molar-refractivity contribution in [1.29, 1.82) is 0 Å². The molecule has 2 aliphatic heterocycles. The minimum atomic E-state index is -5.52. The molecule has 2 saturated heterocycles. The van der Waals surface area contributed by atoms with Crippen LogP contribution in [0.1, 0.15) is 18.7 Å². The number of aromatic nitrogens is 3. The second kappa shape index (κ2) is 12.9. The van der Waals surface area contributed by atoms with Crippen LogP contribution < -0.4 is 5.73 Å². The first-order valence-corrected chi connectivity index (χ1v) is 16.8. The highest BCUT2D eigenvalue weighted by molar-refractivity contribution is 8.08. The Hall–Kier alpha value is -1.55. The topological polar surface area (TPSA) is 270 Å². The molecule has 0 spiro atoms. The molecule has 9 N–H and O–H groups in total. The van der Waals surface area contributed by atoms with Crippen LogP contribution in [0.25, 0.3) is 5.52 Å². The SMILES string of the molecule is C=C[C@]1(OC)[C@H](c2ccc3c(N)ncnn23)O[C@](C)(COP(O)(=S)OP(=O)(O)OC2OC([C@@H](F)CO)C(O)C(O)C2O)[C@H]1O. The molecule has 2 aromatic rings. The zero-order valence-corrected chi connectivity index (χ0v) is 25.7. The minimum Gasteiger partial charge on any atom is -0.393 e. The fraction of sp³-hybridized carbons (Fsp3) is 0.636. The molecule has 44 heavy (non-hydrogen) atoms. The Morgan fingerprint density at radius 2 is 1.95 bits per heavy atom. The summed E-state index contributed by atoms with van der Waals surface area (Å²) in [4.78, 5) is 24.8. The second-order valence-electron chi connectivity index (χ2n) is 10.2. The lowest BCUT2D eigenvalue weighted by Crippen LogP contribution is -2.60. The average molecular weight is 691 g/mol. The molecule has 248 valence electrons. The summed E-state index contributed by atoms with van der Waals surface area (Å²) < 4.78 is 59.4. The molecule has 4 rings (SSSR count). The Bertz CT molecular complexity index is 1460. The zero-order chi connectivity index (χ0) is 32.8. The highest BCUT2D eigenvalue weighted by atomic mass is 32.5. The lowest BCUT2D eigenvalue weighted by molar-refractivity contribution is -0.287. The molecule has 22 heteroatoms. The molecule has 4 heterocycles. The average Bonchev–Trinajstić information content (AvgIpc) is 3.49. The van der Waals surface area contributed by atoms with E-state index in [1.54, 1.807) is 12.1 Å². The highest BCUT2D eigenvalue weighted by Gasteiger charge is 2.62. The van der Waals surface area contributed by atoms with Gasteiger partial charge >= 0.3 is 14.5 Å². The van der Waals surface area contributed by atoms with Crippen molar-refractivity contribution in [3.05, 3.63) is 36.8 Å². The van der Waals surface area contributed by atoms with Crippen molar-refractivity contribution in [2.45, 2.75) is 67.2 Å². The maximum absolute atomic E-state index is 14.0. The van der Waals surface area contributed by atoms with Gasteiger partial charge in [0, 0.05) is 7.11 Å². The summed E-state index contributed by atoms with van der Waals surface area (Å²) in [6.07, 6.45) is -13.1. The van der Waals surface area contributed by atoms with Crippen molar-refractivity contribution < 1.29 is 71.8 Å². The fourth-order valence-electron chi connectivity index (χ4n) is 5.02. The number of nitrogens with zero attached hydrogens (tertiary/aromatic N) is 3. The van der Waals surface area contributed by atoms with E-state index in [1.807, 2.05) is 0 Å². The third-order valence-electron chi connectivity index (χ3n) is 7.35. The van der Waals surface area contributed by atoms with Crippen LogP contribution in [0.4, 0.5) is 10.2 Å². The van der Waals surface area contributed by atoms with Crippen LogP contribution in [0.2, 0.25) is 0 Å². The van der Waals surface area contributed by atoms with Gasteiger partial charge in [-0.1, -0.05) is 6.08 Å². The first-order valence-electron chi connectivity index (χ1n) is 12.7. The predicted octanol–water partition coefficient (Wildman–Crippen LogP) is -1.42. The number of ether oxygens (including phenoxy) is 3. The number of nitrogen functional groups attached to an aromatic ring is 1. The third kappa shape index (κ3) is 6.50. The molecule has 12 atom stereocenters. The molecule has 0 aliphatic carbocycles. The van der Waals surface area contributed by atoms with Gasteiger partial charge in [0.2, 0.25) is 0 Å². The number of phosphoric acid groups is 1. The molecule has 0 bridgehead atoms. The van der Waals surface area contributed by atoms with Crippen LogP contribution in [0, 0.1) is 0 Å². The van der Waals surface area contributed by atoms with Gasteiger partial charge in [0.25, 0.3) is 0 Å². The molecule has 0 amide bonds. The largest absolute Gasteiger partial charge is 0.481 e. The number of alkyl halides is 1. The normalized spacial score (nSPS) is 37.8. The molecule has 0 radical (unpaired) electrons. The van der Waals surface area contributed by atoms with Crippen LogP contribution in [0.3, 0.4) is 0 Å². The standard InChI is InChI=1S/C22H33FN4O14P2S/c1-4-22(36-3)17(11-5-6-12-18(24)25-9-26-27(11)12)39-21(2,20(22)32)8-37-43(35,44)41-42(33,34)40-19-15(31)13(29)14(30)16(38-19)10(23)7-28/h4-6,9-10,13-17,19-20,28-32H,1,7-8H2,2-3H3,(H,33,34)(H,35,44)(H2,24,25,26)/t10-,13?,14?,15?,16?,17-,19?,20+,21+,22-,43?/m0/s1. The minimum absolute atomic E-state index is 0.163. The Labute approximate surface area is 254 Å². The fourth-order valence-corrected chi connectivity index (χ4v) is 8.18. The van der Waals surface area contributed by atoms with Gasteiger partial charge < -0.3 is 59.8 Å². The van der Waals surface area contributed by atoms with Crippen LogP contribution in [0.15, 0.2) is 31.1 Å². The summed E-state index contributed by atoms with van der Waals surface area (Å²) in [5.74, 6) is 0.163. The summed E-state index contributed by atoms with van der Waals surface area (Å²) in [7, 11) is -4.23. The van der Waals surface area contributed by atoms with Crippen molar-refractivity contribution in [1.82, 2.24) is 14.6 Å². The van der Waals surface area contributed by atoms with E-state index in [9.17, 15) is 39.2 Å². The van der Waals surface area contributed by atoms with Gasteiger partial charge in [-0.2, -0.15) is 5.10 Å². The van der Waals surface area contributed by atoms with Crippen LogP contribution in [-0.4, -0.2) is 124 Å². The Morgan fingerprint density at radius 1 is 1.27 bits per heavy atom. The molecular weight excluding hydrogens is 657 g/mol. The zero-order valence-electron chi connectivity index (χ0n) is 23.1. The number of fused-ring (bicyclic) bond motifs is 1. The number of nitrogens with two attached hydrogens (primary N) is 1. The number of hydrogen-bond donors (Lipinski definition) is 8. The smallest absolute Gasteiger partial charge is 0.393 e. The summed E-state index contributed by atoms with van der Waals surface area (Å²) in [5, 5.41) is 54.6. The molecule has 2 aromatic heterocycles. The first-order chi connectivity index (χ1) is 20.5. The van der Waals surface area contributed by atoms with Gasteiger partial charge in [-0.05, 0) is 30.9 Å². The maximum Gasteiger partial charge on any atom is 0.481 e. The summed E-state index contributed by atoms with van der Waals surface area (Å²) in [6, 6.07) is 3.22. The highest BCUT2D eigenvalue weighted by Crippen LogP contribution is 2.62. The van der Waals surface area contributed by atoms with E-state index in [-0.39, 0.29) is 5.82 Å². The lowest BCUT2D eigenvalue weighted by Gasteiger charge is -2.41. The van der Waals surface area contributed by atoms with E-state index in [2.05, 4.69) is 25.5 Å². The van der Waals surface area contributed by atoms with E-state index < -0.39 is 88.0 Å². The van der Waals surface area contributed by atoms with Crippen molar-refractivity contribution >= 4 is 37.7 Å². The quantitative estimate of drug-likeness (QED) is 0.0937. The number of aliphatic hydroxyl groups is 5. The van der Waals surface area contributed by atoms with Gasteiger partial charge in [-0.15, -0.1) is 6.58 Å². The van der Waals surface area contributed by atoms with Crippen LogP contribution in [-0.2, 0) is 43.9 Å².